The van der Waals surface area contributed by atoms with E-state index in [0.717, 1.165) is 0 Å². The second kappa shape index (κ2) is 4.52. The zero-order valence-corrected chi connectivity index (χ0v) is 6.49. The van der Waals surface area contributed by atoms with Gasteiger partial charge in [-0.1, -0.05) is 0 Å². The van der Waals surface area contributed by atoms with Crippen molar-refractivity contribution in [1.29, 1.82) is 0 Å². The third-order valence-corrected chi connectivity index (χ3v) is 0.948. The molecule has 0 aromatic rings. The number of allylic oxidation sites excluding steroid dienone is 1. The van der Waals surface area contributed by atoms with Crippen LogP contribution in [0.1, 0.15) is 0 Å². The summed E-state index contributed by atoms with van der Waals surface area (Å²) < 4.78 is 84.3. The van der Waals surface area contributed by atoms with Gasteiger partial charge in [0, 0.05) is 0 Å². The number of rotatable bonds is 4. The monoisotopic (exact) mass is 226 g/mol. The molecule has 0 aliphatic rings. The minimum absolute atomic E-state index is 0.101. The minimum atomic E-state index is -4.72. The first-order valence-corrected chi connectivity index (χ1v) is 3.17. The molecule has 0 N–H and O–H groups in total. The molecule has 0 unspecified atom stereocenters. The van der Waals surface area contributed by atoms with Gasteiger partial charge in [-0.3, -0.25) is 0 Å². The number of hydrogen-bond acceptors (Lipinski definition) is 1. The SMILES string of the molecule is FC(F)C(F)(F)CO/C=C\C(F)(F)F. The summed E-state index contributed by atoms with van der Waals surface area (Å²) >= 11 is 0. The Balaban J connectivity index is 3.91. The fourth-order valence-corrected chi connectivity index (χ4v) is 0.347. The first kappa shape index (κ1) is 13.1. The van der Waals surface area contributed by atoms with Crippen molar-refractivity contribution in [3.05, 3.63) is 12.3 Å². The maximum Gasteiger partial charge on any atom is 0.412 e. The van der Waals surface area contributed by atoms with Gasteiger partial charge in [-0.05, 0) is 0 Å². The molecule has 14 heavy (non-hydrogen) atoms. The van der Waals surface area contributed by atoms with E-state index in [4.69, 9.17) is 0 Å². The van der Waals surface area contributed by atoms with Crippen molar-refractivity contribution in [2.75, 3.05) is 6.61 Å². The van der Waals surface area contributed by atoms with Crippen molar-refractivity contribution in [2.24, 2.45) is 0 Å². The van der Waals surface area contributed by atoms with E-state index >= 15 is 0 Å². The number of hydrogen-bond donors (Lipinski definition) is 0. The average Bonchev–Trinajstić information content (AvgIpc) is 1.96. The molecule has 0 radical (unpaired) electrons. The fraction of sp³-hybridized carbons (Fsp3) is 0.667. The van der Waals surface area contributed by atoms with Crippen LogP contribution in [0.3, 0.4) is 0 Å². The lowest BCUT2D eigenvalue weighted by Gasteiger charge is -2.13. The number of ether oxygens (including phenoxy) is 1. The predicted molar refractivity (Wildman–Crippen MR) is 32.1 cm³/mol. The molecule has 0 rings (SSSR count). The summed E-state index contributed by atoms with van der Waals surface area (Å²) in [6, 6.07) is 0. The van der Waals surface area contributed by atoms with Crippen molar-refractivity contribution < 1.29 is 35.5 Å². The molecule has 0 saturated carbocycles. The Bertz CT molecular complexity index is 195. The van der Waals surface area contributed by atoms with Gasteiger partial charge in [0.1, 0.15) is 0 Å². The maximum absolute atomic E-state index is 12.0. The van der Waals surface area contributed by atoms with Gasteiger partial charge >= 0.3 is 18.5 Å². The molecule has 0 heterocycles. The number of alkyl halides is 7. The summed E-state index contributed by atoms with van der Waals surface area (Å²) in [5, 5.41) is 0. The lowest BCUT2D eigenvalue weighted by atomic mass is 10.4. The third-order valence-electron chi connectivity index (χ3n) is 0.948. The summed E-state index contributed by atoms with van der Waals surface area (Å²) in [7, 11) is 0. The van der Waals surface area contributed by atoms with E-state index in [1.54, 1.807) is 0 Å². The largest absolute Gasteiger partial charge is 0.495 e. The average molecular weight is 226 g/mol. The van der Waals surface area contributed by atoms with Crippen LogP contribution in [0.2, 0.25) is 0 Å². The lowest BCUT2D eigenvalue weighted by molar-refractivity contribution is -0.155. The zero-order chi connectivity index (χ0) is 11.4. The van der Waals surface area contributed by atoms with Crippen molar-refractivity contribution >= 4 is 0 Å². The molecule has 0 bridgehead atoms. The molecule has 0 aromatic carbocycles. The molecular formula is C6H5F7O. The second-order valence-electron chi connectivity index (χ2n) is 2.22. The molecule has 8 heteroatoms. The normalized spacial score (nSPS) is 14.0. The fourth-order valence-electron chi connectivity index (χ4n) is 0.347. The topological polar surface area (TPSA) is 9.23 Å². The van der Waals surface area contributed by atoms with Gasteiger partial charge in [0.15, 0.2) is 6.61 Å². The van der Waals surface area contributed by atoms with Crippen molar-refractivity contribution in [1.82, 2.24) is 0 Å². The Morgan fingerprint density at radius 3 is 1.93 bits per heavy atom. The van der Waals surface area contributed by atoms with Gasteiger partial charge in [-0.25, -0.2) is 8.78 Å². The van der Waals surface area contributed by atoms with Crippen LogP contribution >= 0.6 is 0 Å². The van der Waals surface area contributed by atoms with Crippen LogP contribution in [0, 0.1) is 0 Å². The Labute approximate surface area is 74.1 Å². The van der Waals surface area contributed by atoms with Crippen LogP contribution in [0.4, 0.5) is 30.7 Å². The molecular weight excluding hydrogens is 221 g/mol. The summed E-state index contributed by atoms with van der Waals surface area (Å²) in [6.07, 6.45) is -9.27. The molecule has 0 aromatic heterocycles. The Hall–Kier alpha value is -0.950. The van der Waals surface area contributed by atoms with Crippen LogP contribution in [-0.2, 0) is 4.74 Å². The second-order valence-corrected chi connectivity index (χ2v) is 2.22. The van der Waals surface area contributed by atoms with Crippen molar-refractivity contribution in [3.63, 3.8) is 0 Å². The predicted octanol–water partition coefficient (Wildman–Crippen LogP) is 2.98. The highest BCUT2D eigenvalue weighted by Gasteiger charge is 2.41. The molecule has 0 aliphatic heterocycles. The van der Waals surface area contributed by atoms with Crippen LogP contribution < -0.4 is 0 Å². The molecule has 0 amide bonds. The molecule has 84 valence electrons. The zero-order valence-electron chi connectivity index (χ0n) is 6.49. The van der Waals surface area contributed by atoms with Crippen LogP contribution in [0.25, 0.3) is 0 Å². The highest BCUT2D eigenvalue weighted by molar-refractivity contribution is 4.83. The van der Waals surface area contributed by atoms with Gasteiger partial charge < -0.3 is 4.74 Å². The standard InChI is InChI=1S/C6H5F7O/c7-4(8)5(9,10)3-14-2-1-6(11,12)13/h1-2,4H,3H2/b2-1-. The van der Waals surface area contributed by atoms with Gasteiger partial charge in [-0.2, -0.15) is 22.0 Å². The van der Waals surface area contributed by atoms with Gasteiger partial charge in [0.05, 0.1) is 12.3 Å². The van der Waals surface area contributed by atoms with Crippen LogP contribution in [-0.4, -0.2) is 25.1 Å². The highest BCUT2D eigenvalue weighted by atomic mass is 19.4. The maximum atomic E-state index is 12.0. The summed E-state index contributed by atoms with van der Waals surface area (Å²) in [5.74, 6) is -4.45. The first-order valence-electron chi connectivity index (χ1n) is 3.17. The van der Waals surface area contributed by atoms with E-state index < -0.39 is 31.2 Å². The van der Waals surface area contributed by atoms with E-state index in [1.807, 2.05) is 0 Å². The highest BCUT2D eigenvalue weighted by Crippen LogP contribution is 2.23. The van der Waals surface area contributed by atoms with Gasteiger partial charge in [0.25, 0.3) is 0 Å². The molecule has 0 saturated heterocycles. The van der Waals surface area contributed by atoms with Crippen LogP contribution in [0.15, 0.2) is 12.3 Å². The lowest BCUT2D eigenvalue weighted by Crippen LogP contribution is -2.31. The molecule has 0 spiro atoms. The van der Waals surface area contributed by atoms with E-state index in [1.165, 1.54) is 0 Å². The summed E-state index contributed by atoms with van der Waals surface area (Å²) in [5.41, 5.74) is 0. The Kier molecular flexibility index (Phi) is 4.21. The molecule has 0 atom stereocenters. The van der Waals surface area contributed by atoms with Gasteiger partial charge in [0.2, 0.25) is 0 Å². The number of halogens is 7. The summed E-state index contributed by atoms with van der Waals surface area (Å²) in [6.45, 7) is -1.79. The quantitative estimate of drug-likeness (QED) is 0.529. The van der Waals surface area contributed by atoms with E-state index in [9.17, 15) is 30.7 Å². The smallest absolute Gasteiger partial charge is 0.412 e. The van der Waals surface area contributed by atoms with Crippen LogP contribution in [0.5, 0.6) is 0 Å². The van der Waals surface area contributed by atoms with E-state index in [-0.39, 0.29) is 6.26 Å². The van der Waals surface area contributed by atoms with E-state index in [0.29, 0.717) is 0 Å². The van der Waals surface area contributed by atoms with Crippen molar-refractivity contribution in [2.45, 2.75) is 18.5 Å². The summed E-state index contributed by atoms with van der Waals surface area (Å²) in [4.78, 5) is 0. The Morgan fingerprint density at radius 2 is 1.57 bits per heavy atom. The molecule has 0 fully saturated rings. The first-order chi connectivity index (χ1) is 6.15. The van der Waals surface area contributed by atoms with E-state index in [2.05, 4.69) is 4.74 Å². The third kappa shape index (κ3) is 5.65. The molecule has 0 aliphatic carbocycles. The Morgan fingerprint density at radius 1 is 1.07 bits per heavy atom. The molecule has 1 nitrogen and oxygen atoms in total. The van der Waals surface area contributed by atoms with Crippen molar-refractivity contribution in [3.8, 4) is 0 Å². The van der Waals surface area contributed by atoms with Gasteiger partial charge in [-0.15, -0.1) is 0 Å². The minimum Gasteiger partial charge on any atom is -0.495 e.